The molecule has 370 valence electrons. The van der Waals surface area contributed by atoms with E-state index >= 15 is 0 Å². The molecule has 0 fully saturated rings. The minimum atomic E-state index is -1.53. The van der Waals surface area contributed by atoms with Gasteiger partial charge in [0.2, 0.25) is 29.5 Å². The average molecular weight is 1000 g/mol. The number of ether oxygens (including phenoxy) is 4. The summed E-state index contributed by atoms with van der Waals surface area (Å²) >= 11 is 7.15. The van der Waals surface area contributed by atoms with Gasteiger partial charge < -0.3 is 62.2 Å². The Hall–Kier alpha value is -7.93. The number of hydrogen-bond acceptors (Lipinski definition) is 19. The van der Waals surface area contributed by atoms with Gasteiger partial charge in [0.1, 0.15) is 77.5 Å². The highest BCUT2D eigenvalue weighted by atomic mass is 35.5. The minimum Gasteiger partial charge on any atom is -0.490 e. The third-order valence-corrected chi connectivity index (χ3v) is 10.5. The summed E-state index contributed by atoms with van der Waals surface area (Å²) in [7, 11) is 0. The maximum Gasteiger partial charge on any atom is 0.408 e. The molecule has 0 aliphatic heterocycles. The van der Waals surface area contributed by atoms with Crippen molar-refractivity contribution in [1.29, 1.82) is 10.5 Å². The van der Waals surface area contributed by atoms with Gasteiger partial charge >= 0.3 is 18.0 Å². The number of amides is 5. The molecule has 0 spiro atoms. The van der Waals surface area contributed by atoms with Crippen molar-refractivity contribution in [2.45, 2.75) is 94.1 Å². The number of alkyl carbamates (subject to hydrolysis) is 1. The second kappa shape index (κ2) is 24.9. The lowest BCUT2D eigenvalue weighted by Gasteiger charge is -2.24. The molecule has 23 nitrogen and oxygen atoms in total. The fraction of sp³-hybridized carbons (Fsp3) is 0.356. The van der Waals surface area contributed by atoms with E-state index in [1.54, 1.807) is 45.0 Å². The number of aromatic nitrogens is 2. The van der Waals surface area contributed by atoms with Crippen LogP contribution < -0.4 is 43.6 Å². The van der Waals surface area contributed by atoms with Crippen molar-refractivity contribution >= 4 is 70.8 Å². The first kappa shape index (κ1) is 54.7. The molecule has 0 aliphatic carbocycles. The summed E-state index contributed by atoms with van der Waals surface area (Å²) in [5.41, 5.74) is 23.2. The molecular formula is C45H50ClN11O12S. The van der Waals surface area contributed by atoms with E-state index < -0.39 is 104 Å². The molecule has 5 atom stereocenters. The van der Waals surface area contributed by atoms with Crippen molar-refractivity contribution in [2.75, 3.05) is 18.9 Å². The van der Waals surface area contributed by atoms with Gasteiger partial charge in [-0.25, -0.2) is 24.4 Å². The van der Waals surface area contributed by atoms with Crippen LogP contribution in [0.5, 0.6) is 5.75 Å². The van der Waals surface area contributed by atoms with Crippen LogP contribution in [0, 0.1) is 22.7 Å². The van der Waals surface area contributed by atoms with E-state index in [0.717, 1.165) is 11.8 Å². The summed E-state index contributed by atoms with van der Waals surface area (Å²) < 4.78 is 27.6. The second-order valence-electron chi connectivity index (χ2n) is 16.2. The van der Waals surface area contributed by atoms with E-state index in [-0.39, 0.29) is 39.0 Å². The Bertz CT molecular complexity index is 2660. The van der Waals surface area contributed by atoms with Gasteiger partial charge in [0.15, 0.2) is 6.10 Å². The van der Waals surface area contributed by atoms with Crippen molar-refractivity contribution in [3.63, 3.8) is 0 Å². The van der Waals surface area contributed by atoms with Crippen LogP contribution in [0.3, 0.4) is 0 Å². The number of thioether (sulfide) groups is 1. The fourth-order valence-electron chi connectivity index (χ4n) is 5.94. The second-order valence-corrected chi connectivity index (χ2v) is 17.6. The normalized spacial score (nSPS) is 13.1. The molecule has 70 heavy (non-hydrogen) atoms. The number of oxazole rings is 1. The molecule has 2 aromatic heterocycles. The quantitative estimate of drug-likeness (QED) is 0.0338. The van der Waals surface area contributed by atoms with Crippen LogP contribution in [0.4, 0.5) is 10.6 Å². The number of esters is 2. The molecule has 2 heterocycles. The average Bonchev–Trinajstić information content (AvgIpc) is 3.76. The van der Waals surface area contributed by atoms with Crippen molar-refractivity contribution in [3.05, 3.63) is 76.6 Å². The number of nitrogens with one attached hydrogen (secondary N) is 3. The van der Waals surface area contributed by atoms with Gasteiger partial charge in [-0.2, -0.15) is 10.5 Å². The lowest BCUT2D eigenvalue weighted by molar-refractivity contribution is -0.163. The number of halogens is 1. The zero-order valence-electron chi connectivity index (χ0n) is 38.4. The number of nitriles is 2. The number of rotatable bonds is 22. The van der Waals surface area contributed by atoms with Crippen LogP contribution >= 0.6 is 23.4 Å². The molecule has 0 aliphatic rings. The molecule has 11 N–H and O–H groups in total. The largest absolute Gasteiger partial charge is 0.490 e. The van der Waals surface area contributed by atoms with Gasteiger partial charge in [-0.15, -0.1) is 0 Å². The van der Waals surface area contributed by atoms with E-state index in [2.05, 4.69) is 32.0 Å². The lowest BCUT2D eigenvalue weighted by atomic mass is 9.97. The summed E-state index contributed by atoms with van der Waals surface area (Å²) in [5, 5.41) is 28.1. The molecule has 5 amide bonds. The number of pyridine rings is 1. The van der Waals surface area contributed by atoms with Crippen molar-refractivity contribution in [2.24, 2.45) is 17.2 Å². The molecule has 2 aromatic carbocycles. The zero-order valence-corrected chi connectivity index (χ0v) is 40.0. The lowest BCUT2D eigenvalue weighted by Crippen LogP contribution is -2.53. The molecule has 0 unspecified atom stereocenters. The van der Waals surface area contributed by atoms with Gasteiger partial charge in [-0.3, -0.25) is 19.2 Å². The number of benzene rings is 2. The van der Waals surface area contributed by atoms with Gasteiger partial charge in [0.05, 0.1) is 30.1 Å². The highest BCUT2D eigenvalue weighted by molar-refractivity contribution is 7.98. The van der Waals surface area contributed by atoms with Crippen molar-refractivity contribution in [1.82, 2.24) is 25.9 Å². The van der Waals surface area contributed by atoms with E-state index in [9.17, 15) is 44.1 Å². The first-order valence-corrected chi connectivity index (χ1v) is 22.3. The monoisotopic (exact) mass is 1000 g/mol. The highest BCUT2D eigenvalue weighted by Crippen LogP contribution is 2.37. The van der Waals surface area contributed by atoms with Gasteiger partial charge in [-0.1, -0.05) is 35.5 Å². The van der Waals surface area contributed by atoms with Crippen LogP contribution in [0.25, 0.3) is 22.6 Å². The summed E-state index contributed by atoms with van der Waals surface area (Å²) in [5.74, 6) is -5.12. The van der Waals surface area contributed by atoms with Crippen LogP contribution in [0.15, 0.2) is 64.2 Å². The van der Waals surface area contributed by atoms with Crippen LogP contribution in [-0.4, -0.2) is 101 Å². The number of nitrogen functional groups attached to an aromatic ring is 1. The summed E-state index contributed by atoms with van der Waals surface area (Å²) in [6.45, 7) is 6.09. The predicted molar refractivity (Wildman–Crippen MR) is 250 cm³/mol. The zero-order chi connectivity index (χ0) is 51.9. The SMILES string of the molecule is C[C@H](NC(=O)[C@H](CC(N)=O)NC(=O)OC(C)(C)C)C(=O)OC[C@H](COc1ccc(-c2c(C#N)c(N)nc(SCc3coc(-c4ccc(Cl)cc4)n3)c2C#N)cc1)OC(=O)[C@H](C)NC(=O)[C@@H](N)CC(N)=O. The highest BCUT2D eigenvalue weighted by Gasteiger charge is 2.31. The maximum atomic E-state index is 13.2. The number of primary amides is 2. The molecule has 25 heteroatoms. The third-order valence-electron chi connectivity index (χ3n) is 9.28. The van der Waals surface area contributed by atoms with E-state index in [1.807, 2.05) is 6.07 Å². The first-order chi connectivity index (χ1) is 33.0. The Morgan fingerprint density at radius 3 is 2.01 bits per heavy atom. The number of carbonyl (C=O) groups is 7. The summed E-state index contributed by atoms with van der Waals surface area (Å²) in [4.78, 5) is 96.0. The Balaban J connectivity index is 1.51. The third kappa shape index (κ3) is 16.4. The van der Waals surface area contributed by atoms with Crippen LogP contribution in [0.1, 0.15) is 64.3 Å². The standard InChI is InChI=1S/C45H50ClN11O12S/c1-22(54-39(61)33(15-35(51)59)56-44(64)69-45(3,4)5)42(62)67-20-29(68-43(63)23(2)53-38(60)32(49)14-34(50)58)19-65-28-12-8-24(9-13-28)36-30(16-47)37(52)57-41(31(36)17-48)70-21-27-18-66-40(55-27)25-6-10-26(46)11-7-25/h6-13,18,22-23,29,32-33H,14-15,19-21,49H2,1-5H3,(H2,50,58)(H2,51,59)(H2,52,57)(H,53,60)(H,54,61)(H,56,64)/t22-,23-,29-,32-,33-/m0/s1. The first-order valence-electron chi connectivity index (χ1n) is 21.0. The molecule has 4 rings (SSSR count). The van der Waals surface area contributed by atoms with Crippen molar-refractivity contribution < 1.29 is 56.9 Å². The maximum absolute atomic E-state index is 13.2. The van der Waals surface area contributed by atoms with E-state index in [4.69, 9.17) is 57.9 Å². The van der Waals surface area contributed by atoms with Gasteiger partial charge in [-0.05, 0) is 76.6 Å². The van der Waals surface area contributed by atoms with Crippen molar-refractivity contribution in [3.8, 4) is 40.5 Å². The van der Waals surface area contributed by atoms with Crippen LogP contribution in [0.2, 0.25) is 5.02 Å². The molecule has 0 saturated carbocycles. The van der Waals surface area contributed by atoms with Crippen LogP contribution in [-0.2, 0) is 48.7 Å². The number of nitrogens with zero attached hydrogens (tertiary/aromatic N) is 4. The Kier molecular flexibility index (Phi) is 19.4. The molecular weight excluding hydrogens is 954 g/mol. The molecule has 0 bridgehead atoms. The number of hydrogen-bond donors (Lipinski definition) is 7. The fourth-order valence-corrected chi connectivity index (χ4v) is 6.94. The Labute approximate surface area is 410 Å². The summed E-state index contributed by atoms with van der Waals surface area (Å²) in [6.07, 6.45) is -2.08. The molecule has 0 saturated heterocycles. The van der Waals surface area contributed by atoms with Gasteiger partial charge in [0.25, 0.3) is 0 Å². The Morgan fingerprint density at radius 2 is 1.41 bits per heavy atom. The molecule has 0 radical (unpaired) electrons. The predicted octanol–water partition coefficient (Wildman–Crippen LogP) is 2.49. The number of nitrogens with two attached hydrogens (primary N) is 4. The minimum absolute atomic E-state index is 0.0558. The smallest absolute Gasteiger partial charge is 0.408 e. The molecule has 4 aromatic rings. The topological polar surface area (TPSA) is 383 Å². The van der Waals surface area contributed by atoms with Gasteiger partial charge in [0, 0.05) is 21.9 Å². The van der Waals surface area contributed by atoms with E-state index in [0.29, 0.717) is 27.7 Å². The van der Waals surface area contributed by atoms with E-state index in [1.165, 1.54) is 44.4 Å². The number of anilines is 1. The Morgan fingerprint density at radius 1 is 0.814 bits per heavy atom. The number of carbonyl (C=O) groups excluding carboxylic acids is 7. The summed E-state index contributed by atoms with van der Waals surface area (Å²) in [6, 6.07) is 11.5.